The Bertz CT molecular complexity index is 979. The number of hydrogen-bond donors (Lipinski definition) is 1. The zero-order chi connectivity index (χ0) is 22.6. The predicted octanol–water partition coefficient (Wildman–Crippen LogP) is 4.06. The van der Waals surface area contributed by atoms with Gasteiger partial charge in [0.25, 0.3) is 0 Å². The van der Waals surface area contributed by atoms with Gasteiger partial charge < -0.3 is 14.5 Å². The van der Waals surface area contributed by atoms with Crippen molar-refractivity contribution in [2.24, 2.45) is 0 Å². The molecule has 0 radical (unpaired) electrons. The molecule has 3 saturated carbocycles. The molecule has 1 aromatic heterocycles. The number of alkyl halides is 3. The first kappa shape index (κ1) is 21.9. The Balaban J connectivity index is 1.07. The summed E-state index contributed by atoms with van der Waals surface area (Å²) >= 11 is 5.66. The highest BCUT2D eigenvalue weighted by molar-refractivity contribution is 6.30. The van der Waals surface area contributed by atoms with Crippen LogP contribution in [-0.4, -0.2) is 59.6 Å². The molecule has 3 aliphatic carbocycles. The first-order valence-electron chi connectivity index (χ1n) is 10.6. The van der Waals surface area contributed by atoms with Crippen molar-refractivity contribution in [3.63, 3.8) is 0 Å². The molecule has 1 aliphatic heterocycles. The molecule has 0 amide bonds. The number of rotatable bonds is 8. The number of likely N-dealkylation sites (tertiary alicyclic amines) is 1. The van der Waals surface area contributed by atoms with Crippen LogP contribution in [0.2, 0.25) is 5.02 Å². The second kappa shape index (κ2) is 7.85. The third-order valence-electron chi connectivity index (χ3n) is 6.71. The minimum absolute atomic E-state index is 0.0279. The van der Waals surface area contributed by atoms with Crippen LogP contribution in [0.4, 0.5) is 17.6 Å². The quantitative estimate of drug-likeness (QED) is 0.460. The highest BCUT2D eigenvalue weighted by Gasteiger charge is 2.71. The van der Waals surface area contributed by atoms with Crippen LogP contribution in [0.5, 0.6) is 5.75 Å². The van der Waals surface area contributed by atoms with E-state index in [1.54, 1.807) is 6.07 Å². The average Bonchev–Trinajstić information content (AvgIpc) is 3.30. The SMILES string of the molecule is Fc1cc(OCCNC23CC(c4nnc([C@@H]5CCN(CC(F)(F)F)C5)o4)(C2)C3)ccc1Cl. The molecule has 1 saturated heterocycles. The van der Waals surface area contributed by atoms with Crippen LogP contribution in [-0.2, 0) is 5.41 Å². The van der Waals surface area contributed by atoms with Crippen LogP contribution in [0.3, 0.4) is 0 Å². The molecule has 1 N–H and O–H groups in total. The molecule has 0 unspecified atom stereocenters. The molecular formula is C21H23ClF4N4O2. The molecule has 32 heavy (non-hydrogen) atoms. The van der Waals surface area contributed by atoms with Gasteiger partial charge in [-0.2, -0.15) is 13.2 Å². The summed E-state index contributed by atoms with van der Waals surface area (Å²) in [6.07, 6.45) is -0.974. The molecule has 2 heterocycles. The Labute approximate surface area is 187 Å². The average molecular weight is 475 g/mol. The van der Waals surface area contributed by atoms with Crippen LogP contribution in [0, 0.1) is 5.82 Å². The summed E-state index contributed by atoms with van der Waals surface area (Å²) in [6.45, 7) is 0.782. The van der Waals surface area contributed by atoms with E-state index in [4.69, 9.17) is 20.8 Å². The number of hydrogen-bond acceptors (Lipinski definition) is 6. The van der Waals surface area contributed by atoms with Crippen molar-refractivity contribution in [3.05, 3.63) is 40.8 Å². The van der Waals surface area contributed by atoms with Crippen molar-refractivity contribution >= 4 is 11.6 Å². The van der Waals surface area contributed by atoms with Gasteiger partial charge in [0.15, 0.2) is 0 Å². The van der Waals surface area contributed by atoms with E-state index in [0.717, 1.165) is 19.3 Å². The van der Waals surface area contributed by atoms with Gasteiger partial charge in [0, 0.05) is 24.7 Å². The predicted molar refractivity (Wildman–Crippen MR) is 107 cm³/mol. The Morgan fingerprint density at radius 1 is 1.25 bits per heavy atom. The van der Waals surface area contributed by atoms with Gasteiger partial charge in [-0.25, -0.2) is 4.39 Å². The molecule has 4 fully saturated rings. The minimum atomic E-state index is -4.20. The van der Waals surface area contributed by atoms with Crippen molar-refractivity contribution < 1.29 is 26.7 Å². The van der Waals surface area contributed by atoms with Gasteiger partial charge in [-0.05, 0) is 44.4 Å². The van der Waals surface area contributed by atoms with E-state index in [9.17, 15) is 17.6 Å². The summed E-state index contributed by atoms with van der Waals surface area (Å²) in [5.41, 5.74) is -0.0945. The number of ether oxygens (including phenoxy) is 1. The maximum Gasteiger partial charge on any atom is 0.401 e. The number of halogens is 5. The molecular weight excluding hydrogens is 452 g/mol. The zero-order valence-electron chi connectivity index (χ0n) is 17.2. The number of aromatic nitrogens is 2. The van der Waals surface area contributed by atoms with Crippen LogP contribution in [0.15, 0.2) is 22.6 Å². The van der Waals surface area contributed by atoms with Gasteiger partial charge in [0.05, 0.1) is 22.9 Å². The van der Waals surface area contributed by atoms with Gasteiger partial charge in [0.1, 0.15) is 18.2 Å². The molecule has 4 aliphatic rings. The molecule has 1 atom stereocenters. The highest BCUT2D eigenvalue weighted by atomic mass is 35.5. The summed E-state index contributed by atoms with van der Waals surface area (Å²) < 4.78 is 62.7. The number of nitrogens with zero attached hydrogens (tertiary/aromatic N) is 3. The van der Waals surface area contributed by atoms with Gasteiger partial charge in [-0.15, -0.1) is 10.2 Å². The van der Waals surface area contributed by atoms with Crippen LogP contribution < -0.4 is 10.1 Å². The van der Waals surface area contributed by atoms with E-state index in [0.29, 0.717) is 43.6 Å². The van der Waals surface area contributed by atoms with Crippen LogP contribution in [0.1, 0.15) is 43.4 Å². The monoisotopic (exact) mass is 474 g/mol. The van der Waals surface area contributed by atoms with Crippen molar-refractivity contribution in [2.45, 2.75) is 48.7 Å². The lowest BCUT2D eigenvalue weighted by atomic mass is 9.39. The molecule has 6 rings (SSSR count). The first-order valence-corrected chi connectivity index (χ1v) is 11.0. The maximum absolute atomic E-state index is 13.4. The van der Waals surface area contributed by atoms with Crippen LogP contribution in [0.25, 0.3) is 0 Å². The Morgan fingerprint density at radius 2 is 2.03 bits per heavy atom. The second-order valence-corrected chi connectivity index (χ2v) is 9.63. The van der Waals surface area contributed by atoms with E-state index in [-0.39, 0.29) is 28.4 Å². The highest BCUT2D eigenvalue weighted by Crippen LogP contribution is 2.67. The molecule has 2 aromatic rings. The standard InChI is InChI=1S/C21H23ClF4N4O2/c22-15-2-1-14(7-16(15)23)31-6-4-27-20-9-19(10-20,11-20)18-29-28-17(32-18)13-3-5-30(8-13)12-21(24,25)26/h1-2,7,13,27H,3-6,8-12H2/t13-,19?,20?/m1/s1. The van der Waals surface area contributed by atoms with Crippen molar-refractivity contribution in [3.8, 4) is 5.75 Å². The van der Waals surface area contributed by atoms with Crippen molar-refractivity contribution in [1.82, 2.24) is 20.4 Å². The third kappa shape index (κ3) is 4.20. The normalized spacial score (nSPS) is 29.6. The van der Waals surface area contributed by atoms with E-state index < -0.39 is 18.5 Å². The van der Waals surface area contributed by atoms with E-state index in [1.165, 1.54) is 17.0 Å². The lowest BCUT2D eigenvalue weighted by Gasteiger charge is -2.69. The fourth-order valence-corrected chi connectivity index (χ4v) is 5.42. The smallest absolute Gasteiger partial charge is 0.401 e. The topological polar surface area (TPSA) is 63.4 Å². The fraction of sp³-hybridized carbons (Fsp3) is 0.619. The Hall–Kier alpha value is -1.91. The Morgan fingerprint density at radius 3 is 2.75 bits per heavy atom. The minimum Gasteiger partial charge on any atom is -0.492 e. The van der Waals surface area contributed by atoms with E-state index in [1.807, 2.05) is 0 Å². The van der Waals surface area contributed by atoms with Crippen molar-refractivity contribution in [1.29, 1.82) is 0 Å². The molecule has 6 nitrogen and oxygen atoms in total. The number of benzene rings is 1. The van der Waals surface area contributed by atoms with E-state index >= 15 is 0 Å². The van der Waals surface area contributed by atoms with Gasteiger partial charge in [0.2, 0.25) is 11.8 Å². The molecule has 1 aromatic carbocycles. The lowest BCUT2D eigenvalue weighted by Crippen LogP contribution is -2.76. The van der Waals surface area contributed by atoms with Crippen LogP contribution >= 0.6 is 11.6 Å². The van der Waals surface area contributed by atoms with Gasteiger partial charge in [-0.1, -0.05) is 11.6 Å². The molecule has 0 spiro atoms. The van der Waals surface area contributed by atoms with Crippen molar-refractivity contribution in [2.75, 3.05) is 32.8 Å². The largest absolute Gasteiger partial charge is 0.492 e. The second-order valence-electron chi connectivity index (χ2n) is 9.22. The van der Waals surface area contributed by atoms with Gasteiger partial charge >= 0.3 is 6.18 Å². The van der Waals surface area contributed by atoms with Gasteiger partial charge in [-0.3, -0.25) is 4.90 Å². The summed E-state index contributed by atoms with van der Waals surface area (Å²) in [5, 5.41) is 11.9. The summed E-state index contributed by atoms with van der Waals surface area (Å²) in [4.78, 5) is 1.38. The third-order valence-corrected chi connectivity index (χ3v) is 7.02. The summed E-state index contributed by atoms with van der Waals surface area (Å²) in [6, 6.07) is 4.35. The first-order chi connectivity index (χ1) is 15.2. The zero-order valence-corrected chi connectivity index (χ0v) is 18.0. The maximum atomic E-state index is 13.4. The lowest BCUT2D eigenvalue weighted by molar-refractivity contribution is -0.143. The van der Waals surface area contributed by atoms with E-state index in [2.05, 4.69) is 15.5 Å². The molecule has 11 heteroatoms. The molecule has 174 valence electrons. The summed E-state index contributed by atoms with van der Waals surface area (Å²) in [7, 11) is 0. The fourth-order valence-electron chi connectivity index (χ4n) is 5.30. The molecule has 2 bridgehead atoms. The summed E-state index contributed by atoms with van der Waals surface area (Å²) in [5.74, 6) is 0.816. The number of nitrogens with one attached hydrogen (secondary N) is 1. The Kier molecular flexibility index (Phi) is 5.37.